The van der Waals surface area contributed by atoms with E-state index in [4.69, 9.17) is 21.1 Å². The minimum atomic E-state index is -0.0801. The minimum absolute atomic E-state index is 0.0793. The van der Waals surface area contributed by atoms with Crippen molar-refractivity contribution in [3.05, 3.63) is 58.7 Å². The molecule has 180 valence electrons. The maximum Gasteiger partial charge on any atom is 0.270 e. The van der Waals surface area contributed by atoms with E-state index in [2.05, 4.69) is 0 Å². The maximum absolute atomic E-state index is 13.6. The van der Waals surface area contributed by atoms with Crippen LogP contribution in [0.2, 0.25) is 5.02 Å². The maximum atomic E-state index is 13.6. The van der Waals surface area contributed by atoms with E-state index in [9.17, 15) is 9.59 Å². The molecule has 0 aliphatic carbocycles. The molecular formula is C26H30ClN3O4. The summed E-state index contributed by atoms with van der Waals surface area (Å²) in [5.74, 6) is 1.69. The van der Waals surface area contributed by atoms with Crippen LogP contribution in [0, 0.1) is 0 Å². The van der Waals surface area contributed by atoms with E-state index < -0.39 is 0 Å². The van der Waals surface area contributed by atoms with Crippen molar-refractivity contribution >= 4 is 34.3 Å². The van der Waals surface area contributed by atoms with Crippen molar-refractivity contribution in [1.29, 1.82) is 0 Å². The third kappa shape index (κ3) is 4.57. The molecular weight excluding hydrogens is 454 g/mol. The zero-order chi connectivity index (χ0) is 24.4. The Morgan fingerprint density at radius 3 is 2.26 bits per heavy atom. The average molecular weight is 484 g/mol. The van der Waals surface area contributed by atoms with E-state index in [1.807, 2.05) is 41.3 Å². The molecule has 7 nitrogen and oxygen atoms in total. The molecule has 2 aromatic carbocycles. The molecule has 0 bridgehead atoms. The number of likely N-dealkylation sites (tertiary alicyclic amines) is 1. The first-order valence-corrected chi connectivity index (χ1v) is 11.7. The van der Waals surface area contributed by atoms with E-state index in [-0.39, 0.29) is 24.3 Å². The lowest BCUT2D eigenvalue weighted by Gasteiger charge is -2.33. The summed E-state index contributed by atoms with van der Waals surface area (Å²) in [5, 5.41) is 1.44. The molecule has 0 atom stereocenters. The number of benzene rings is 2. The first-order chi connectivity index (χ1) is 16.3. The number of halogens is 1. The van der Waals surface area contributed by atoms with Crippen LogP contribution in [0.5, 0.6) is 11.5 Å². The highest BCUT2D eigenvalue weighted by Crippen LogP contribution is 2.40. The van der Waals surface area contributed by atoms with Gasteiger partial charge in [0.15, 0.2) is 0 Å². The minimum Gasteiger partial charge on any atom is -0.496 e. The average Bonchev–Trinajstić information content (AvgIpc) is 3.20. The molecule has 1 saturated heterocycles. The summed E-state index contributed by atoms with van der Waals surface area (Å²) in [7, 11) is 6.75. The van der Waals surface area contributed by atoms with E-state index >= 15 is 0 Å². The SMILES string of the molecule is COc1cccc(OC)c1C1CCN(C(=O)c2cc3cc(Cl)ccc3n2CC(=O)N(C)C)CC1. The van der Waals surface area contributed by atoms with Crippen molar-refractivity contribution in [2.24, 2.45) is 0 Å². The van der Waals surface area contributed by atoms with Gasteiger partial charge in [0, 0.05) is 48.7 Å². The number of aromatic nitrogens is 1. The summed E-state index contributed by atoms with van der Waals surface area (Å²) in [6.45, 7) is 1.30. The van der Waals surface area contributed by atoms with Gasteiger partial charge in [0.1, 0.15) is 23.7 Å². The number of fused-ring (bicyclic) bond motifs is 1. The summed E-state index contributed by atoms with van der Waals surface area (Å²) in [5.41, 5.74) is 2.37. The highest BCUT2D eigenvalue weighted by atomic mass is 35.5. The Kier molecular flexibility index (Phi) is 7.03. The number of carbonyl (C=O) groups is 2. The molecule has 1 aromatic heterocycles. The molecule has 1 aliphatic heterocycles. The van der Waals surface area contributed by atoms with Gasteiger partial charge in [0.2, 0.25) is 5.91 Å². The van der Waals surface area contributed by atoms with E-state index in [1.165, 1.54) is 4.90 Å². The molecule has 0 N–H and O–H groups in total. The second-order valence-corrected chi connectivity index (χ2v) is 9.19. The number of methoxy groups -OCH3 is 2. The van der Waals surface area contributed by atoms with Crippen LogP contribution in [-0.4, -0.2) is 67.6 Å². The van der Waals surface area contributed by atoms with Gasteiger partial charge < -0.3 is 23.8 Å². The van der Waals surface area contributed by atoms with Gasteiger partial charge >= 0.3 is 0 Å². The topological polar surface area (TPSA) is 64.0 Å². The number of hydrogen-bond acceptors (Lipinski definition) is 4. The monoisotopic (exact) mass is 483 g/mol. The lowest BCUT2D eigenvalue weighted by atomic mass is 9.88. The predicted octanol–water partition coefficient (Wildman–Crippen LogP) is 4.42. The van der Waals surface area contributed by atoms with Crippen LogP contribution in [0.4, 0.5) is 0 Å². The van der Waals surface area contributed by atoms with Gasteiger partial charge in [-0.15, -0.1) is 0 Å². The van der Waals surface area contributed by atoms with Gasteiger partial charge in [-0.2, -0.15) is 0 Å². The zero-order valence-electron chi connectivity index (χ0n) is 20.0. The highest BCUT2D eigenvalue weighted by molar-refractivity contribution is 6.31. The predicted molar refractivity (Wildman–Crippen MR) is 133 cm³/mol. The Morgan fingerprint density at radius 2 is 1.68 bits per heavy atom. The Bertz CT molecular complexity index is 1190. The Morgan fingerprint density at radius 1 is 1.03 bits per heavy atom. The third-order valence-electron chi connectivity index (χ3n) is 6.53. The summed E-state index contributed by atoms with van der Waals surface area (Å²) in [6, 6.07) is 13.1. The van der Waals surface area contributed by atoms with Gasteiger partial charge in [0.05, 0.1) is 14.2 Å². The van der Waals surface area contributed by atoms with Gasteiger partial charge in [-0.25, -0.2) is 0 Å². The lowest BCUT2D eigenvalue weighted by Crippen LogP contribution is -2.39. The van der Waals surface area contributed by atoms with Crippen molar-refractivity contribution in [2.45, 2.75) is 25.3 Å². The first-order valence-electron chi connectivity index (χ1n) is 11.3. The van der Waals surface area contributed by atoms with Crippen molar-refractivity contribution in [1.82, 2.24) is 14.4 Å². The Hall–Kier alpha value is -3.19. The van der Waals surface area contributed by atoms with Crippen LogP contribution < -0.4 is 9.47 Å². The Balaban J connectivity index is 1.59. The number of piperidine rings is 1. The fourth-order valence-corrected chi connectivity index (χ4v) is 4.86. The molecule has 8 heteroatoms. The zero-order valence-corrected chi connectivity index (χ0v) is 20.8. The van der Waals surface area contributed by atoms with Crippen LogP contribution in [0.3, 0.4) is 0 Å². The second kappa shape index (κ2) is 9.97. The number of amides is 2. The molecule has 0 unspecified atom stereocenters. The molecule has 0 radical (unpaired) electrons. The van der Waals surface area contributed by atoms with Crippen molar-refractivity contribution in [3.8, 4) is 11.5 Å². The van der Waals surface area contributed by atoms with E-state index in [0.29, 0.717) is 23.8 Å². The molecule has 2 heterocycles. The smallest absolute Gasteiger partial charge is 0.270 e. The lowest BCUT2D eigenvalue weighted by molar-refractivity contribution is -0.129. The van der Waals surface area contributed by atoms with E-state index in [1.54, 1.807) is 38.9 Å². The summed E-state index contributed by atoms with van der Waals surface area (Å²) < 4.78 is 13.0. The fraction of sp³-hybridized carbons (Fsp3) is 0.385. The normalized spacial score (nSPS) is 14.3. The highest BCUT2D eigenvalue weighted by Gasteiger charge is 2.30. The fourth-order valence-electron chi connectivity index (χ4n) is 4.68. The third-order valence-corrected chi connectivity index (χ3v) is 6.77. The van der Waals surface area contributed by atoms with Crippen molar-refractivity contribution in [2.75, 3.05) is 41.4 Å². The number of nitrogens with zero attached hydrogens (tertiary/aromatic N) is 3. The Labute approximate surface area is 204 Å². The van der Waals surface area contributed by atoms with Gasteiger partial charge in [-0.1, -0.05) is 17.7 Å². The summed E-state index contributed by atoms with van der Waals surface area (Å²) >= 11 is 6.19. The second-order valence-electron chi connectivity index (χ2n) is 8.75. The van der Waals surface area contributed by atoms with Crippen LogP contribution in [0.1, 0.15) is 34.8 Å². The van der Waals surface area contributed by atoms with Crippen molar-refractivity contribution in [3.63, 3.8) is 0 Å². The van der Waals surface area contributed by atoms with Gasteiger partial charge in [-0.05, 0) is 55.2 Å². The molecule has 0 saturated carbocycles. The number of rotatable bonds is 6. The number of ether oxygens (including phenoxy) is 2. The number of likely N-dealkylation sites (N-methyl/N-ethyl adjacent to an activating group) is 1. The molecule has 0 spiro atoms. The largest absolute Gasteiger partial charge is 0.496 e. The number of carbonyl (C=O) groups excluding carboxylic acids is 2. The van der Waals surface area contributed by atoms with Gasteiger partial charge in [0.25, 0.3) is 5.91 Å². The molecule has 1 aliphatic rings. The molecule has 3 aromatic rings. The van der Waals surface area contributed by atoms with Crippen LogP contribution >= 0.6 is 11.6 Å². The molecule has 34 heavy (non-hydrogen) atoms. The van der Waals surface area contributed by atoms with Crippen LogP contribution in [-0.2, 0) is 11.3 Å². The molecule has 1 fully saturated rings. The van der Waals surface area contributed by atoms with E-state index in [0.717, 1.165) is 40.8 Å². The standard InChI is InChI=1S/C26H30ClN3O4/c1-28(2)24(31)16-30-20-9-8-19(27)14-18(20)15-21(30)26(32)29-12-10-17(11-13-29)25-22(33-3)6-5-7-23(25)34-4/h5-9,14-15,17H,10-13,16H2,1-4H3. The van der Waals surface area contributed by atoms with Gasteiger partial charge in [-0.3, -0.25) is 9.59 Å². The summed E-state index contributed by atoms with van der Waals surface area (Å²) in [6.07, 6.45) is 1.59. The quantitative estimate of drug-likeness (QED) is 0.520. The first kappa shape index (κ1) is 24.0. The molecule has 2 amide bonds. The number of hydrogen-bond donors (Lipinski definition) is 0. The van der Waals surface area contributed by atoms with Crippen LogP contribution in [0.15, 0.2) is 42.5 Å². The molecule has 4 rings (SSSR count). The van der Waals surface area contributed by atoms with Crippen LogP contribution in [0.25, 0.3) is 10.9 Å². The summed E-state index contributed by atoms with van der Waals surface area (Å²) in [4.78, 5) is 29.5. The van der Waals surface area contributed by atoms with Crippen molar-refractivity contribution < 1.29 is 19.1 Å².